The number of hydrogen-bond acceptors (Lipinski definition) is 0. The molecule has 0 aliphatic heterocycles. The summed E-state index contributed by atoms with van der Waals surface area (Å²) in [7, 11) is 0. The van der Waals surface area contributed by atoms with Crippen molar-refractivity contribution in [3.8, 4) is 0 Å². The van der Waals surface area contributed by atoms with Crippen LogP contribution in [0.4, 0.5) is 17.6 Å². The van der Waals surface area contributed by atoms with E-state index in [1.807, 2.05) is 0 Å². The van der Waals surface area contributed by atoms with E-state index in [0.717, 1.165) is 0 Å². The summed E-state index contributed by atoms with van der Waals surface area (Å²) in [6.07, 6.45) is -4.50. The molecule has 0 radical (unpaired) electrons. The number of alkyl halides is 6. The van der Waals surface area contributed by atoms with Gasteiger partial charge in [0.15, 0.2) is 0 Å². The van der Waals surface area contributed by atoms with Gasteiger partial charge in [-0.2, -0.15) is 0 Å². The molecule has 0 unspecified atom stereocenters. The molecule has 0 spiro atoms. The molecule has 0 aromatic carbocycles. The molecule has 0 aromatic heterocycles. The first-order valence-electron chi connectivity index (χ1n) is 2.30. The highest BCUT2D eigenvalue weighted by Crippen LogP contribution is 2.32. The smallest absolute Gasteiger partial charge is 0.204 e. The molecule has 0 amide bonds. The molecule has 0 aromatic rings. The Labute approximate surface area is 72.2 Å². The van der Waals surface area contributed by atoms with Crippen molar-refractivity contribution < 1.29 is 17.6 Å². The lowest BCUT2D eigenvalue weighted by atomic mass is 10.3. The van der Waals surface area contributed by atoms with Crippen LogP contribution in [0.1, 0.15) is 6.42 Å². The average molecular weight is 288 g/mol. The summed E-state index contributed by atoms with van der Waals surface area (Å²) >= 11 is 5.36. The van der Waals surface area contributed by atoms with Gasteiger partial charge in [0.05, 0.1) is 3.74 Å². The van der Waals surface area contributed by atoms with Gasteiger partial charge in [0.1, 0.15) is 0 Å². The summed E-state index contributed by atoms with van der Waals surface area (Å²) in [5.41, 5.74) is 0. The molecule has 0 heterocycles. The predicted octanol–water partition coefficient (Wildman–Crippen LogP) is 3.39. The molecule has 0 atom stereocenters. The van der Waals surface area contributed by atoms with Crippen LogP contribution in [0.15, 0.2) is 0 Å². The monoisotopic (exact) mass is 286 g/mol. The molecule has 0 aliphatic rings. The van der Waals surface area contributed by atoms with Gasteiger partial charge in [-0.15, -0.1) is 0 Å². The van der Waals surface area contributed by atoms with Gasteiger partial charge in [-0.05, 0) is 0 Å². The number of hydrogen-bond donors (Lipinski definition) is 0. The summed E-state index contributed by atoms with van der Waals surface area (Å²) in [5, 5.41) is 0. The topological polar surface area (TPSA) is 0 Å². The molecule has 0 fully saturated rings. The normalized spacial score (nSPS) is 13.2. The average Bonchev–Trinajstić information content (AvgIpc) is 1.60. The Morgan fingerprint density at radius 3 is 1.70 bits per heavy atom. The first kappa shape index (κ1) is 10.7. The van der Waals surface area contributed by atoms with Crippen LogP contribution < -0.4 is 0 Å². The molecule has 0 saturated heterocycles. The first-order valence-corrected chi connectivity index (χ1v) is 4.13. The van der Waals surface area contributed by atoms with Crippen LogP contribution in [0.25, 0.3) is 0 Å². The van der Waals surface area contributed by atoms with E-state index in [1.54, 1.807) is 0 Å². The minimum Gasteiger partial charge on any atom is -0.204 e. The van der Waals surface area contributed by atoms with E-state index in [-0.39, 0.29) is 0 Å². The Hall–Kier alpha value is 0.680. The Bertz CT molecular complexity index is 103. The molecule has 6 heteroatoms. The summed E-state index contributed by atoms with van der Waals surface area (Å²) in [5.74, 6) is -3.91. The second kappa shape index (κ2) is 3.90. The fraction of sp³-hybridized carbons (Fsp3) is 1.00. The first-order chi connectivity index (χ1) is 4.36. The molecule has 0 bridgehead atoms. The van der Waals surface area contributed by atoms with Crippen LogP contribution in [0.2, 0.25) is 0 Å². The third-order valence-electron chi connectivity index (χ3n) is 0.746. The SMILES string of the molecule is FC(F)C(F)(F)CC(Br)Br. The zero-order valence-electron chi connectivity index (χ0n) is 4.63. The number of halogens is 6. The maximum absolute atomic E-state index is 12.0. The van der Waals surface area contributed by atoms with Gasteiger partial charge < -0.3 is 0 Å². The van der Waals surface area contributed by atoms with E-state index < -0.39 is 22.5 Å². The van der Waals surface area contributed by atoms with Crippen molar-refractivity contribution in [3.63, 3.8) is 0 Å². The van der Waals surface area contributed by atoms with Crippen LogP contribution in [0, 0.1) is 0 Å². The van der Waals surface area contributed by atoms with Gasteiger partial charge in [0, 0.05) is 6.42 Å². The largest absolute Gasteiger partial charge is 0.309 e. The molecule has 0 nitrogen and oxygen atoms in total. The van der Waals surface area contributed by atoms with Crippen LogP contribution in [-0.4, -0.2) is 16.1 Å². The molecule has 0 saturated carbocycles. The van der Waals surface area contributed by atoms with Crippen molar-refractivity contribution >= 4 is 31.9 Å². The summed E-state index contributed by atoms with van der Waals surface area (Å²) in [4.78, 5) is 0. The Morgan fingerprint density at radius 1 is 1.20 bits per heavy atom. The van der Waals surface area contributed by atoms with Crippen molar-refractivity contribution in [2.24, 2.45) is 0 Å². The van der Waals surface area contributed by atoms with E-state index in [9.17, 15) is 17.6 Å². The van der Waals surface area contributed by atoms with Gasteiger partial charge in [-0.25, -0.2) is 17.6 Å². The number of rotatable bonds is 3. The third-order valence-corrected chi connectivity index (χ3v) is 1.39. The van der Waals surface area contributed by atoms with Crippen molar-refractivity contribution in [1.82, 2.24) is 0 Å². The molecule has 10 heavy (non-hydrogen) atoms. The van der Waals surface area contributed by atoms with Crippen molar-refractivity contribution in [2.45, 2.75) is 22.5 Å². The van der Waals surface area contributed by atoms with Crippen LogP contribution in [0.3, 0.4) is 0 Å². The van der Waals surface area contributed by atoms with E-state index in [0.29, 0.717) is 0 Å². The Kier molecular flexibility index (Phi) is 4.16. The molecule has 0 N–H and O–H groups in total. The van der Waals surface area contributed by atoms with Gasteiger partial charge in [-0.3, -0.25) is 0 Å². The van der Waals surface area contributed by atoms with Crippen LogP contribution >= 0.6 is 31.9 Å². The van der Waals surface area contributed by atoms with E-state index >= 15 is 0 Å². The van der Waals surface area contributed by atoms with Crippen LogP contribution in [0.5, 0.6) is 0 Å². The maximum Gasteiger partial charge on any atom is 0.309 e. The standard InChI is InChI=1S/C4H4Br2F4/c5-2(6)1-4(9,10)3(7)8/h2-3H,1H2. The zero-order chi connectivity index (χ0) is 8.36. The fourth-order valence-electron chi connectivity index (χ4n) is 0.295. The minimum atomic E-state index is -3.91. The van der Waals surface area contributed by atoms with Crippen molar-refractivity contribution in [3.05, 3.63) is 0 Å². The van der Waals surface area contributed by atoms with Gasteiger partial charge >= 0.3 is 12.3 Å². The molecular formula is C4H4Br2F4. The molecule has 0 aliphatic carbocycles. The van der Waals surface area contributed by atoms with Crippen LogP contribution in [-0.2, 0) is 0 Å². The summed E-state index contributed by atoms with van der Waals surface area (Å²) in [6.45, 7) is 0. The van der Waals surface area contributed by atoms with Crippen molar-refractivity contribution in [1.29, 1.82) is 0 Å². The second-order valence-electron chi connectivity index (χ2n) is 1.66. The molecule has 62 valence electrons. The highest BCUT2D eigenvalue weighted by molar-refractivity contribution is 9.24. The van der Waals surface area contributed by atoms with E-state index in [1.165, 1.54) is 0 Å². The Balaban J connectivity index is 3.87. The third kappa shape index (κ3) is 3.75. The highest BCUT2D eigenvalue weighted by Gasteiger charge is 2.41. The Morgan fingerprint density at radius 2 is 1.60 bits per heavy atom. The van der Waals surface area contributed by atoms with Gasteiger partial charge in [-0.1, -0.05) is 31.9 Å². The van der Waals surface area contributed by atoms with E-state index in [2.05, 4.69) is 31.9 Å². The quantitative estimate of drug-likeness (QED) is 0.551. The van der Waals surface area contributed by atoms with Gasteiger partial charge in [0.25, 0.3) is 0 Å². The minimum absolute atomic E-state index is 0.774. The maximum atomic E-state index is 12.0. The van der Waals surface area contributed by atoms with Gasteiger partial charge in [0.2, 0.25) is 0 Å². The highest BCUT2D eigenvalue weighted by atomic mass is 79.9. The summed E-state index contributed by atoms with van der Waals surface area (Å²) < 4.78 is 46.0. The lowest BCUT2D eigenvalue weighted by Crippen LogP contribution is -2.28. The predicted molar refractivity (Wildman–Crippen MR) is 37.2 cm³/mol. The lowest BCUT2D eigenvalue weighted by Gasteiger charge is -2.14. The fourth-order valence-corrected chi connectivity index (χ4v) is 1.16. The van der Waals surface area contributed by atoms with Crippen molar-refractivity contribution in [2.75, 3.05) is 0 Å². The second-order valence-corrected chi connectivity index (χ2v) is 5.10. The lowest BCUT2D eigenvalue weighted by molar-refractivity contribution is -0.129. The van der Waals surface area contributed by atoms with E-state index in [4.69, 9.17) is 0 Å². The zero-order valence-corrected chi connectivity index (χ0v) is 7.80. The molecular weight excluding hydrogens is 284 g/mol. The summed E-state index contributed by atoms with van der Waals surface area (Å²) in [6, 6.07) is 0. The molecule has 0 rings (SSSR count).